The number of hydrogen-bond acceptors (Lipinski definition) is 6. The number of rotatable bonds is 7. The lowest BCUT2D eigenvalue weighted by Gasteiger charge is -2.40. The van der Waals surface area contributed by atoms with Gasteiger partial charge in [0, 0.05) is 37.7 Å². The highest BCUT2D eigenvalue weighted by atomic mass is 19.4. The Morgan fingerprint density at radius 1 is 1.03 bits per heavy atom. The summed E-state index contributed by atoms with van der Waals surface area (Å²) in [5.74, 6) is 0.783. The summed E-state index contributed by atoms with van der Waals surface area (Å²) in [7, 11) is 0. The number of aliphatic hydroxyl groups is 1. The highest BCUT2D eigenvalue weighted by Crippen LogP contribution is 2.35. The minimum atomic E-state index is -4.78. The van der Waals surface area contributed by atoms with E-state index in [0.29, 0.717) is 25.1 Å². The van der Waals surface area contributed by atoms with E-state index in [1.807, 2.05) is 24.3 Å². The van der Waals surface area contributed by atoms with Crippen LogP contribution in [0.5, 0.6) is 17.2 Å². The van der Waals surface area contributed by atoms with Crippen LogP contribution >= 0.6 is 0 Å². The van der Waals surface area contributed by atoms with E-state index < -0.39 is 18.4 Å². The molecule has 1 N–H and O–H groups in total. The van der Waals surface area contributed by atoms with Gasteiger partial charge in [-0.2, -0.15) is 0 Å². The molecule has 6 nitrogen and oxygen atoms in total. The van der Waals surface area contributed by atoms with Gasteiger partial charge in [0.2, 0.25) is 0 Å². The lowest BCUT2D eigenvalue weighted by molar-refractivity contribution is -0.275. The maximum absolute atomic E-state index is 12.8. The van der Waals surface area contributed by atoms with Crippen LogP contribution in [0.15, 0.2) is 48.5 Å². The molecule has 0 amide bonds. The standard InChI is InChI=1S/C24H29F3N2O4/c1-17(30)18(19-6-2-3-7-20(19)33-24(25,26)27)10-11-28-12-14-29(15-13-28)23-16-31-21-8-4-5-9-22(21)32-23/h2-9,17-18,23,30H,10-16H2,1H3. The van der Waals surface area contributed by atoms with E-state index >= 15 is 0 Å². The largest absolute Gasteiger partial charge is 0.573 e. The second-order valence-corrected chi connectivity index (χ2v) is 8.43. The van der Waals surface area contributed by atoms with Crippen molar-refractivity contribution in [1.82, 2.24) is 9.80 Å². The quantitative estimate of drug-likeness (QED) is 0.669. The fraction of sp³-hybridized carbons (Fsp3) is 0.500. The molecular formula is C24H29F3N2O4. The van der Waals surface area contributed by atoms with Crippen molar-refractivity contribution < 1.29 is 32.5 Å². The van der Waals surface area contributed by atoms with Gasteiger partial charge >= 0.3 is 6.36 Å². The molecule has 0 bridgehead atoms. The molecule has 1 fully saturated rings. The highest BCUT2D eigenvalue weighted by Gasteiger charge is 2.34. The molecule has 0 spiro atoms. The molecule has 0 aromatic heterocycles. The summed E-state index contributed by atoms with van der Waals surface area (Å²) >= 11 is 0. The fourth-order valence-corrected chi connectivity index (χ4v) is 4.45. The van der Waals surface area contributed by atoms with Gasteiger partial charge < -0.3 is 24.2 Å². The molecule has 2 aromatic rings. The topological polar surface area (TPSA) is 54.4 Å². The molecule has 3 atom stereocenters. The van der Waals surface area contributed by atoms with Gasteiger partial charge in [-0.15, -0.1) is 13.2 Å². The molecule has 2 heterocycles. The first-order chi connectivity index (χ1) is 15.8. The zero-order chi connectivity index (χ0) is 23.4. The van der Waals surface area contributed by atoms with Crippen LogP contribution in [0, 0.1) is 0 Å². The van der Waals surface area contributed by atoms with Crippen LogP contribution in [-0.2, 0) is 0 Å². The molecule has 3 unspecified atom stereocenters. The first-order valence-corrected chi connectivity index (χ1v) is 11.2. The number of benzene rings is 2. The molecule has 0 radical (unpaired) electrons. The van der Waals surface area contributed by atoms with Gasteiger partial charge in [0.1, 0.15) is 12.4 Å². The molecular weight excluding hydrogens is 437 g/mol. The number of halogens is 3. The van der Waals surface area contributed by atoms with Crippen LogP contribution in [0.25, 0.3) is 0 Å². The van der Waals surface area contributed by atoms with Gasteiger partial charge in [0.05, 0.1) is 6.10 Å². The summed E-state index contributed by atoms with van der Waals surface area (Å²) in [4.78, 5) is 4.50. The Bertz CT molecular complexity index is 917. The Kier molecular flexibility index (Phi) is 7.31. The average Bonchev–Trinajstić information content (AvgIpc) is 2.79. The number of hydrogen-bond donors (Lipinski definition) is 1. The minimum Gasteiger partial charge on any atom is -0.484 e. The Balaban J connectivity index is 1.32. The van der Waals surface area contributed by atoms with Gasteiger partial charge in [0.15, 0.2) is 17.7 Å². The number of nitrogens with zero attached hydrogens (tertiary/aromatic N) is 2. The van der Waals surface area contributed by atoms with Crippen molar-refractivity contribution in [2.75, 3.05) is 39.3 Å². The summed E-state index contributed by atoms with van der Waals surface area (Å²) < 4.78 is 54.6. The first-order valence-electron chi connectivity index (χ1n) is 11.2. The summed E-state index contributed by atoms with van der Waals surface area (Å²) in [6, 6.07) is 13.7. The van der Waals surface area contributed by atoms with E-state index in [0.717, 1.165) is 37.7 Å². The van der Waals surface area contributed by atoms with Crippen molar-refractivity contribution in [2.45, 2.75) is 38.0 Å². The molecule has 2 aliphatic heterocycles. The molecule has 2 aromatic carbocycles. The molecule has 0 aliphatic carbocycles. The normalized spacial score (nSPS) is 21.4. The summed E-state index contributed by atoms with van der Waals surface area (Å²) in [6.45, 7) is 5.92. The van der Waals surface area contributed by atoms with Crippen molar-refractivity contribution in [3.63, 3.8) is 0 Å². The van der Waals surface area contributed by atoms with Gasteiger partial charge in [-0.3, -0.25) is 4.90 Å². The van der Waals surface area contributed by atoms with Crippen molar-refractivity contribution in [3.05, 3.63) is 54.1 Å². The summed E-state index contributed by atoms with van der Waals surface area (Å²) in [5.41, 5.74) is 0.370. The number of aliphatic hydroxyl groups excluding tert-OH is 1. The SMILES string of the molecule is CC(O)C(CCN1CCN(C2COc3ccccc3O2)CC1)c1ccccc1OC(F)(F)F. The van der Waals surface area contributed by atoms with E-state index in [-0.39, 0.29) is 12.0 Å². The molecule has 1 saturated heterocycles. The third kappa shape index (κ3) is 6.10. The molecule has 0 saturated carbocycles. The van der Waals surface area contributed by atoms with Gasteiger partial charge in [0.25, 0.3) is 0 Å². The first kappa shape index (κ1) is 23.7. The van der Waals surface area contributed by atoms with Crippen LogP contribution in [0.1, 0.15) is 24.8 Å². The Hall–Kier alpha value is -2.49. The molecule has 2 aliphatic rings. The van der Waals surface area contributed by atoms with Crippen molar-refractivity contribution in [3.8, 4) is 17.2 Å². The van der Waals surface area contributed by atoms with E-state index in [9.17, 15) is 18.3 Å². The molecule has 33 heavy (non-hydrogen) atoms. The maximum Gasteiger partial charge on any atom is 0.573 e. The van der Waals surface area contributed by atoms with E-state index in [1.165, 1.54) is 12.1 Å². The lowest BCUT2D eigenvalue weighted by atomic mass is 9.90. The van der Waals surface area contributed by atoms with E-state index in [4.69, 9.17) is 9.47 Å². The van der Waals surface area contributed by atoms with Crippen molar-refractivity contribution in [2.24, 2.45) is 0 Å². The molecule has 180 valence electrons. The monoisotopic (exact) mass is 466 g/mol. The number of para-hydroxylation sites is 3. The van der Waals surface area contributed by atoms with Crippen LogP contribution in [0.4, 0.5) is 13.2 Å². The molecule has 4 rings (SSSR count). The van der Waals surface area contributed by atoms with Gasteiger partial charge in [-0.25, -0.2) is 0 Å². The summed E-state index contributed by atoms with van der Waals surface area (Å²) in [5, 5.41) is 10.3. The second kappa shape index (κ2) is 10.2. The third-order valence-corrected chi connectivity index (χ3v) is 6.19. The van der Waals surface area contributed by atoms with Crippen LogP contribution in [-0.4, -0.2) is 72.9 Å². The number of alkyl halides is 3. The van der Waals surface area contributed by atoms with Gasteiger partial charge in [-0.05, 0) is 38.1 Å². The lowest BCUT2D eigenvalue weighted by Crippen LogP contribution is -2.54. The van der Waals surface area contributed by atoms with Crippen molar-refractivity contribution in [1.29, 1.82) is 0 Å². The Labute approximate surface area is 191 Å². The predicted octanol–water partition coefficient (Wildman–Crippen LogP) is 3.85. The smallest absolute Gasteiger partial charge is 0.484 e. The minimum absolute atomic E-state index is 0.140. The molecule has 9 heteroatoms. The van der Waals surface area contributed by atoms with Crippen LogP contribution < -0.4 is 14.2 Å². The summed E-state index contributed by atoms with van der Waals surface area (Å²) in [6.07, 6.45) is -5.20. The highest BCUT2D eigenvalue weighted by molar-refractivity contribution is 5.40. The maximum atomic E-state index is 12.8. The van der Waals surface area contributed by atoms with Crippen molar-refractivity contribution >= 4 is 0 Å². The number of fused-ring (bicyclic) bond motifs is 1. The Morgan fingerprint density at radius 2 is 1.70 bits per heavy atom. The van der Waals surface area contributed by atoms with Gasteiger partial charge in [-0.1, -0.05) is 30.3 Å². The predicted molar refractivity (Wildman–Crippen MR) is 117 cm³/mol. The van der Waals surface area contributed by atoms with E-state index in [2.05, 4.69) is 14.5 Å². The van der Waals surface area contributed by atoms with Crippen LogP contribution in [0.3, 0.4) is 0 Å². The second-order valence-electron chi connectivity index (χ2n) is 8.43. The Morgan fingerprint density at radius 3 is 2.39 bits per heavy atom. The van der Waals surface area contributed by atoms with E-state index in [1.54, 1.807) is 19.1 Å². The third-order valence-electron chi connectivity index (χ3n) is 6.19. The average molecular weight is 467 g/mol. The number of piperazine rings is 1. The zero-order valence-corrected chi connectivity index (χ0v) is 18.5. The fourth-order valence-electron chi connectivity index (χ4n) is 4.45. The van der Waals surface area contributed by atoms with Crippen LogP contribution in [0.2, 0.25) is 0 Å². The number of ether oxygens (including phenoxy) is 3. The zero-order valence-electron chi connectivity index (χ0n) is 18.5.